The maximum Gasteiger partial charge on any atom is 0.261 e. The highest BCUT2D eigenvalue weighted by atomic mass is 35.5. The molecule has 0 bridgehead atoms. The molecule has 4 aromatic rings. The molecule has 2 aromatic heterocycles. The summed E-state index contributed by atoms with van der Waals surface area (Å²) in [6, 6.07) is 22.4. The molecule has 5 nitrogen and oxygen atoms in total. The number of aromatic nitrogens is 2. The topological polar surface area (TPSA) is 55.2 Å². The molecule has 0 fully saturated rings. The van der Waals surface area contributed by atoms with Crippen molar-refractivity contribution in [2.75, 3.05) is 0 Å². The van der Waals surface area contributed by atoms with Gasteiger partial charge in [-0.1, -0.05) is 41.9 Å². The Bertz CT molecular complexity index is 1450. The van der Waals surface area contributed by atoms with Crippen LogP contribution in [0.4, 0.5) is 0 Å². The van der Waals surface area contributed by atoms with Crippen LogP contribution in [0.3, 0.4) is 0 Å². The summed E-state index contributed by atoms with van der Waals surface area (Å²) >= 11 is 6.22. The third-order valence-electron chi connectivity index (χ3n) is 6.05. The van der Waals surface area contributed by atoms with Crippen molar-refractivity contribution in [1.82, 2.24) is 14.5 Å². The molecule has 2 amide bonds. The molecule has 5 rings (SSSR count). The molecular weight excluding hydrogens is 446 g/mol. The lowest BCUT2D eigenvalue weighted by Crippen LogP contribution is -2.41. The van der Waals surface area contributed by atoms with E-state index in [0.29, 0.717) is 27.4 Å². The SMILES string of the molecule is Cc1cc(/C=C2/C(=O)N(Cc3ccccn3)C(=O)c3ccccc32)c(C)n1-c1cccc(Cl)c1. The van der Waals surface area contributed by atoms with E-state index in [-0.39, 0.29) is 18.4 Å². The zero-order valence-electron chi connectivity index (χ0n) is 18.8. The smallest absolute Gasteiger partial charge is 0.261 e. The summed E-state index contributed by atoms with van der Waals surface area (Å²) in [5.74, 6) is -0.644. The first kappa shape index (κ1) is 21.9. The van der Waals surface area contributed by atoms with Gasteiger partial charge < -0.3 is 4.57 Å². The Kier molecular flexibility index (Phi) is 5.64. The maximum absolute atomic E-state index is 13.6. The van der Waals surface area contributed by atoms with Crippen molar-refractivity contribution in [1.29, 1.82) is 0 Å². The van der Waals surface area contributed by atoms with Crippen molar-refractivity contribution < 1.29 is 9.59 Å². The van der Waals surface area contributed by atoms with Gasteiger partial charge in [0, 0.05) is 39.4 Å². The van der Waals surface area contributed by atoms with Crippen molar-refractivity contribution in [3.05, 3.63) is 118 Å². The first-order valence-corrected chi connectivity index (χ1v) is 11.3. The molecule has 0 saturated carbocycles. The monoisotopic (exact) mass is 467 g/mol. The zero-order valence-corrected chi connectivity index (χ0v) is 19.6. The van der Waals surface area contributed by atoms with Crippen molar-refractivity contribution >= 4 is 35.1 Å². The zero-order chi connectivity index (χ0) is 23.8. The molecule has 3 heterocycles. The van der Waals surface area contributed by atoms with Crippen LogP contribution in [0.25, 0.3) is 17.3 Å². The van der Waals surface area contributed by atoms with Gasteiger partial charge in [-0.2, -0.15) is 0 Å². The number of hydrogen-bond donors (Lipinski definition) is 0. The van der Waals surface area contributed by atoms with Crippen molar-refractivity contribution in [3.8, 4) is 5.69 Å². The summed E-state index contributed by atoms with van der Waals surface area (Å²) in [5.41, 5.74) is 6.14. The summed E-state index contributed by atoms with van der Waals surface area (Å²) < 4.78 is 2.11. The molecule has 6 heteroatoms. The minimum absolute atomic E-state index is 0.117. The molecule has 168 valence electrons. The number of benzene rings is 2. The second-order valence-corrected chi connectivity index (χ2v) is 8.70. The second-order valence-electron chi connectivity index (χ2n) is 8.26. The molecule has 0 saturated heterocycles. The van der Waals surface area contributed by atoms with Crippen LogP contribution >= 0.6 is 11.6 Å². The van der Waals surface area contributed by atoms with Gasteiger partial charge >= 0.3 is 0 Å². The summed E-state index contributed by atoms with van der Waals surface area (Å²) in [4.78, 5) is 32.4. The van der Waals surface area contributed by atoms with Crippen molar-refractivity contribution in [3.63, 3.8) is 0 Å². The minimum Gasteiger partial charge on any atom is -0.318 e. The Morgan fingerprint density at radius 1 is 0.882 bits per heavy atom. The molecule has 1 aliphatic rings. The van der Waals surface area contributed by atoms with Gasteiger partial charge in [0.1, 0.15) is 0 Å². The number of amides is 2. The molecule has 0 radical (unpaired) electrons. The van der Waals surface area contributed by atoms with Crippen LogP contribution in [0, 0.1) is 13.8 Å². The number of halogens is 1. The number of aryl methyl sites for hydroxylation is 1. The van der Waals surface area contributed by atoms with Crippen LogP contribution in [-0.4, -0.2) is 26.3 Å². The number of imide groups is 1. The van der Waals surface area contributed by atoms with E-state index in [4.69, 9.17) is 11.6 Å². The fourth-order valence-electron chi connectivity index (χ4n) is 4.44. The highest BCUT2D eigenvalue weighted by Crippen LogP contribution is 2.33. The Balaban J connectivity index is 1.62. The van der Waals surface area contributed by atoms with Crippen LogP contribution in [-0.2, 0) is 11.3 Å². The molecule has 0 N–H and O–H groups in total. The second kappa shape index (κ2) is 8.76. The van der Waals surface area contributed by atoms with Gasteiger partial charge in [-0.25, -0.2) is 0 Å². The number of pyridine rings is 1. The summed E-state index contributed by atoms with van der Waals surface area (Å²) in [5, 5.41) is 0.657. The molecule has 0 unspecified atom stereocenters. The van der Waals surface area contributed by atoms with E-state index < -0.39 is 0 Å². The van der Waals surface area contributed by atoms with Gasteiger partial charge in [-0.05, 0) is 73.5 Å². The number of rotatable bonds is 4. The Hall–Kier alpha value is -3.96. The minimum atomic E-state index is -0.332. The third kappa shape index (κ3) is 3.84. The number of carbonyl (C=O) groups is 2. The molecular formula is C28H22ClN3O2. The van der Waals surface area contributed by atoms with E-state index in [1.165, 1.54) is 4.90 Å². The molecule has 2 aromatic carbocycles. The third-order valence-corrected chi connectivity index (χ3v) is 6.29. The van der Waals surface area contributed by atoms with Crippen LogP contribution in [0.15, 0.2) is 79.0 Å². The van der Waals surface area contributed by atoms with Crippen molar-refractivity contribution in [2.24, 2.45) is 0 Å². The van der Waals surface area contributed by atoms with Crippen LogP contribution in [0.5, 0.6) is 0 Å². The molecule has 34 heavy (non-hydrogen) atoms. The van der Waals surface area contributed by atoms with Gasteiger partial charge in [-0.15, -0.1) is 0 Å². The number of hydrogen-bond acceptors (Lipinski definition) is 3. The van der Waals surface area contributed by atoms with Gasteiger partial charge in [0.2, 0.25) is 0 Å². The lowest BCUT2D eigenvalue weighted by molar-refractivity contribution is -0.123. The predicted octanol–water partition coefficient (Wildman–Crippen LogP) is 5.87. The quantitative estimate of drug-likeness (QED) is 0.279. The molecule has 0 atom stereocenters. The Morgan fingerprint density at radius 3 is 2.38 bits per heavy atom. The fourth-order valence-corrected chi connectivity index (χ4v) is 4.63. The average Bonchev–Trinajstić information content (AvgIpc) is 3.12. The lowest BCUT2D eigenvalue weighted by atomic mass is 9.92. The largest absolute Gasteiger partial charge is 0.318 e. The summed E-state index contributed by atoms with van der Waals surface area (Å²) in [6.07, 6.45) is 3.53. The van der Waals surface area contributed by atoms with E-state index in [9.17, 15) is 9.59 Å². The number of carbonyl (C=O) groups excluding carboxylic acids is 2. The standard InChI is InChI=1S/C28H22ClN3O2/c1-18-14-20(19(2)32(18)23-10-7-8-21(29)16-23)15-26-24-11-3-4-12-25(24)27(33)31(28(26)34)17-22-9-5-6-13-30-22/h3-16H,17H2,1-2H3/b26-15+. The molecule has 1 aliphatic heterocycles. The van der Waals surface area contributed by atoms with Gasteiger partial charge in [-0.3, -0.25) is 19.5 Å². The summed E-state index contributed by atoms with van der Waals surface area (Å²) in [7, 11) is 0. The van der Waals surface area contributed by atoms with Gasteiger partial charge in [0.25, 0.3) is 11.8 Å². The van der Waals surface area contributed by atoms with Gasteiger partial charge in [0.05, 0.1) is 12.2 Å². The molecule has 0 spiro atoms. The lowest BCUT2D eigenvalue weighted by Gasteiger charge is -2.28. The highest BCUT2D eigenvalue weighted by molar-refractivity contribution is 6.33. The van der Waals surface area contributed by atoms with Crippen LogP contribution < -0.4 is 0 Å². The van der Waals surface area contributed by atoms with E-state index in [1.54, 1.807) is 18.3 Å². The van der Waals surface area contributed by atoms with E-state index in [2.05, 4.69) is 9.55 Å². The highest BCUT2D eigenvalue weighted by Gasteiger charge is 2.35. The maximum atomic E-state index is 13.6. The number of fused-ring (bicyclic) bond motifs is 1. The van der Waals surface area contributed by atoms with Crippen LogP contribution in [0.1, 0.15) is 38.6 Å². The van der Waals surface area contributed by atoms with E-state index in [1.807, 2.05) is 80.6 Å². The van der Waals surface area contributed by atoms with E-state index >= 15 is 0 Å². The fraction of sp³-hybridized carbons (Fsp3) is 0.107. The summed E-state index contributed by atoms with van der Waals surface area (Å²) in [6.45, 7) is 4.14. The normalized spacial score (nSPS) is 14.6. The molecule has 0 aliphatic carbocycles. The van der Waals surface area contributed by atoms with Gasteiger partial charge in [0.15, 0.2) is 0 Å². The van der Waals surface area contributed by atoms with Crippen LogP contribution in [0.2, 0.25) is 5.02 Å². The Labute approximate surface area is 202 Å². The Morgan fingerprint density at radius 2 is 1.65 bits per heavy atom. The first-order chi connectivity index (χ1) is 16.4. The number of nitrogens with zero attached hydrogens (tertiary/aromatic N) is 3. The van der Waals surface area contributed by atoms with E-state index in [0.717, 1.165) is 22.6 Å². The first-order valence-electron chi connectivity index (χ1n) is 11.0. The van der Waals surface area contributed by atoms with Crippen molar-refractivity contribution in [2.45, 2.75) is 20.4 Å². The predicted molar refractivity (Wildman–Crippen MR) is 134 cm³/mol. The average molecular weight is 468 g/mol.